The lowest BCUT2D eigenvalue weighted by Gasteiger charge is -2.38. The van der Waals surface area contributed by atoms with Gasteiger partial charge in [0.15, 0.2) is 0 Å². The summed E-state index contributed by atoms with van der Waals surface area (Å²) in [5.74, 6) is -0.366. The van der Waals surface area contributed by atoms with E-state index < -0.39 is 35.4 Å². The summed E-state index contributed by atoms with van der Waals surface area (Å²) in [6.45, 7) is 5.20. The molecule has 0 bridgehead atoms. The number of alkyl halides is 6. The van der Waals surface area contributed by atoms with Crippen molar-refractivity contribution in [3.63, 3.8) is 0 Å². The standard InChI is InChI=1S/C25H31F6N5O/c1-16(2)23(6-3-21(12-23)35-7-4-20(5-8-35)36-14-33-34-15-36)22(37)32-13-17-9-18(24(26,27)28)11-19(10-17)25(29,30)31/h9-11,14-16,20-21H,3-8,12-13H2,1-2H3,(H,32,37)/t21-,23+/m1/s1. The molecule has 0 spiro atoms. The van der Waals surface area contributed by atoms with Crippen LogP contribution in [0.4, 0.5) is 26.3 Å². The zero-order chi connectivity index (χ0) is 27.0. The molecule has 1 aromatic carbocycles. The average Bonchev–Trinajstić information content (AvgIpc) is 3.53. The van der Waals surface area contributed by atoms with E-state index in [1.807, 2.05) is 18.4 Å². The molecule has 1 saturated carbocycles. The van der Waals surface area contributed by atoms with Crippen LogP contribution in [0.1, 0.15) is 68.7 Å². The van der Waals surface area contributed by atoms with E-state index in [0.29, 0.717) is 31.0 Å². The number of halogens is 6. The summed E-state index contributed by atoms with van der Waals surface area (Å²) in [5.41, 5.74) is -3.74. The van der Waals surface area contributed by atoms with Gasteiger partial charge in [0.2, 0.25) is 5.91 Å². The van der Waals surface area contributed by atoms with Crippen LogP contribution < -0.4 is 5.32 Å². The van der Waals surface area contributed by atoms with Crippen LogP contribution in [0.15, 0.2) is 30.9 Å². The predicted molar refractivity (Wildman–Crippen MR) is 123 cm³/mol. The molecule has 0 radical (unpaired) electrons. The van der Waals surface area contributed by atoms with Crippen molar-refractivity contribution in [1.82, 2.24) is 25.0 Å². The maximum atomic E-state index is 13.4. The smallest absolute Gasteiger partial charge is 0.352 e. The molecule has 2 aliphatic rings. The van der Waals surface area contributed by atoms with Crippen LogP contribution in [0.25, 0.3) is 0 Å². The number of rotatable bonds is 6. The van der Waals surface area contributed by atoms with Crippen molar-refractivity contribution in [2.75, 3.05) is 13.1 Å². The number of carbonyl (C=O) groups is 1. The van der Waals surface area contributed by atoms with E-state index in [1.54, 1.807) is 12.7 Å². The van der Waals surface area contributed by atoms with Gasteiger partial charge in [-0.25, -0.2) is 0 Å². The maximum Gasteiger partial charge on any atom is 0.416 e. The van der Waals surface area contributed by atoms with Gasteiger partial charge in [0.25, 0.3) is 0 Å². The molecular formula is C25H31F6N5O. The monoisotopic (exact) mass is 531 g/mol. The van der Waals surface area contributed by atoms with Gasteiger partial charge in [0, 0.05) is 31.7 Å². The number of nitrogens with one attached hydrogen (secondary N) is 1. The van der Waals surface area contributed by atoms with Gasteiger partial charge < -0.3 is 14.8 Å². The average molecular weight is 532 g/mol. The molecule has 4 rings (SSSR count). The topological polar surface area (TPSA) is 63.1 Å². The van der Waals surface area contributed by atoms with Gasteiger partial charge in [-0.15, -0.1) is 10.2 Å². The quantitative estimate of drug-likeness (QED) is 0.503. The van der Waals surface area contributed by atoms with E-state index in [0.717, 1.165) is 32.4 Å². The van der Waals surface area contributed by atoms with Crippen molar-refractivity contribution in [3.8, 4) is 0 Å². The molecule has 1 saturated heterocycles. The Morgan fingerprint density at radius 3 is 2.05 bits per heavy atom. The number of nitrogens with zero attached hydrogens (tertiary/aromatic N) is 4. The van der Waals surface area contributed by atoms with Crippen LogP contribution in [0.2, 0.25) is 0 Å². The Labute approximate surface area is 211 Å². The maximum absolute atomic E-state index is 13.4. The molecule has 1 N–H and O–H groups in total. The van der Waals surface area contributed by atoms with Crippen molar-refractivity contribution in [3.05, 3.63) is 47.5 Å². The zero-order valence-corrected chi connectivity index (χ0v) is 20.7. The summed E-state index contributed by atoms with van der Waals surface area (Å²) in [7, 11) is 0. The third-order valence-electron chi connectivity index (χ3n) is 8.06. The SMILES string of the molecule is CC(C)[C@]1(C(=O)NCc2cc(C(F)(F)F)cc(C(F)(F)F)c2)CC[C@@H](N2CCC(n3cnnc3)CC2)C1. The van der Waals surface area contributed by atoms with E-state index in [4.69, 9.17) is 0 Å². The Bertz CT molecular complexity index is 1040. The molecule has 1 amide bonds. The van der Waals surface area contributed by atoms with Crippen molar-refractivity contribution in [1.29, 1.82) is 0 Å². The van der Waals surface area contributed by atoms with Gasteiger partial charge in [-0.2, -0.15) is 26.3 Å². The number of piperidine rings is 1. The van der Waals surface area contributed by atoms with Crippen LogP contribution in [0, 0.1) is 11.3 Å². The Morgan fingerprint density at radius 2 is 1.54 bits per heavy atom. The molecule has 37 heavy (non-hydrogen) atoms. The third kappa shape index (κ3) is 5.94. The highest BCUT2D eigenvalue weighted by molar-refractivity contribution is 5.83. The van der Waals surface area contributed by atoms with Gasteiger partial charge in [0.1, 0.15) is 12.7 Å². The molecule has 2 fully saturated rings. The minimum Gasteiger partial charge on any atom is -0.352 e. The molecule has 2 atom stereocenters. The van der Waals surface area contributed by atoms with Crippen LogP contribution >= 0.6 is 0 Å². The second-order valence-corrected chi connectivity index (χ2v) is 10.5. The summed E-state index contributed by atoms with van der Waals surface area (Å²) in [6.07, 6.45) is -2.53. The van der Waals surface area contributed by atoms with Gasteiger partial charge in [0.05, 0.1) is 16.5 Å². The number of benzene rings is 1. The molecule has 1 aliphatic heterocycles. The summed E-state index contributed by atoms with van der Waals surface area (Å²) in [5, 5.41) is 10.4. The van der Waals surface area contributed by atoms with E-state index >= 15 is 0 Å². The van der Waals surface area contributed by atoms with Crippen LogP contribution in [-0.2, 0) is 23.7 Å². The van der Waals surface area contributed by atoms with Crippen molar-refractivity contribution < 1.29 is 31.1 Å². The molecule has 6 nitrogen and oxygen atoms in total. The number of aromatic nitrogens is 3. The number of hydrogen-bond donors (Lipinski definition) is 1. The van der Waals surface area contributed by atoms with E-state index in [2.05, 4.69) is 20.4 Å². The molecule has 2 heterocycles. The summed E-state index contributed by atoms with van der Waals surface area (Å²) < 4.78 is 81.2. The van der Waals surface area contributed by atoms with E-state index in [-0.39, 0.29) is 29.5 Å². The first-order chi connectivity index (χ1) is 17.3. The summed E-state index contributed by atoms with van der Waals surface area (Å²) in [6, 6.07) is 1.94. The Kier molecular flexibility index (Phi) is 7.60. The van der Waals surface area contributed by atoms with Gasteiger partial charge in [-0.3, -0.25) is 4.79 Å². The van der Waals surface area contributed by atoms with E-state index in [1.165, 1.54) is 0 Å². The summed E-state index contributed by atoms with van der Waals surface area (Å²) >= 11 is 0. The second-order valence-electron chi connectivity index (χ2n) is 10.5. The fourth-order valence-electron chi connectivity index (χ4n) is 5.78. The lowest BCUT2D eigenvalue weighted by Crippen LogP contribution is -2.45. The Hall–Kier alpha value is -2.63. The minimum atomic E-state index is -4.93. The highest BCUT2D eigenvalue weighted by Crippen LogP contribution is 2.47. The van der Waals surface area contributed by atoms with Crippen LogP contribution in [0.3, 0.4) is 0 Å². The molecular weight excluding hydrogens is 500 g/mol. The van der Waals surface area contributed by atoms with Crippen LogP contribution in [-0.4, -0.2) is 44.7 Å². The first kappa shape index (κ1) is 27.4. The number of likely N-dealkylation sites (tertiary alicyclic amines) is 1. The van der Waals surface area contributed by atoms with Crippen molar-refractivity contribution in [2.45, 2.75) is 76.9 Å². The molecule has 12 heteroatoms. The van der Waals surface area contributed by atoms with Gasteiger partial charge in [-0.05, 0) is 61.8 Å². The normalized spacial score (nSPS) is 24.1. The van der Waals surface area contributed by atoms with Gasteiger partial charge in [-0.1, -0.05) is 13.8 Å². The molecule has 2 aromatic rings. The number of carbonyl (C=O) groups excluding carboxylic acids is 1. The largest absolute Gasteiger partial charge is 0.416 e. The molecule has 1 aliphatic carbocycles. The molecule has 0 unspecified atom stereocenters. The minimum absolute atomic E-state index is 0.0423. The molecule has 1 aromatic heterocycles. The fourth-order valence-corrected chi connectivity index (χ4v) is 5.78. The fraction of sp³-hybridized carbons (Fsp3) is 0.640. The van der Waals surface area contributed by atoms with Crippen LogP contribution in [0.5, 0.6) is 0 Å². The predicted octanol–water partition coefficient (Wildman–Crippen LogP) is 5.46. The highest BCUT2D eigenvalue weighted by atomic mass is 19.4. The lowest BCUT2D eigenvalue weighted by molar-refractivity contribution is -0.143. The number of amides is 1. The lowest BCUT2D eigenvalue weighted by atomic mass is 9.74. The zero-order valence-electron chi connectivity index (χ0n) is 20.7. The van der Waals surface area contributed by atoms with Crippen molar-refractivity contribution >= 4 is 5.91 Å². The number of hydrogen-bond acceptors (Lipinski definition) is 4. The first-order valence-corrected chi connectivity index (χ1v) is 12.4. The first-order valence-electron chi connectivity index (χ1n) is 12.4. The third-order valence-corrected chi connectivity index (χ3v) is 8.06. The van der Waals surface area contributed by atoms with E-state index in [9.17, 15) is 31.1 Å². The van der Waals surface area contributed by atoms with Gasteiger partial charge >= 0.3 is 12.4 Å². The Morgan fingerprint density at radius 1 is 0.973 bits per heavy atom. The Balaban J connectivity index is 1.43. The molecule has 204 valence electrons. The van der Waals surface area contributed by atoms with Crippen molar-refractivity contribution in [2.24, 2.45) is 11.3 Å². The second kappa shape index (κ2) is 10.3. The highest BCUT2D eigenvalue weighted by Gasteiger charge is 2.49. The summed E-state index contributed by atoms with van der Waals surface area (Å²) in [4.78, 5) is 15.8.